The molecule has 1 aliphatic heterocycles. The summed E-state index contributed by atoms with van der Waals surface area (Å²) in [5.41, 5.74) is 6.19. The summed E-state index contributed by atoms with van der Waals surface area (Å²) in [6.07, 6.45) is 0. The van der Waals surface area contributed by atoms with E-state index in [0.29, 0.717) is 17.6 Å². The monoisotopic (exact) mass is 283 g/mol. The second-order valence-electron chi connectivity index (χ2n) is 5.73. The maximum absolute atomic E-state index is 14.0. The van der Waals surface area contributed by atoms with Gasteiger partial charge in [-0.2, -0.15) is 0 Å². The SMILES string of the molecule is CC1CN(C(CN)c2cc(F)ccc2F)CC(C)N1C. The normalized spacial score (nSPS) is 26.7. The number of piperazine rings is 1. The van der Waals surface area contributed by atoms with Crippen LogP contribution >= 0.6 is 0 Å². The fourth-order valence-corrected chi connectivity index (χ4v) is 2.94. The second kappa shape index (κ2) is 6.16. The molecule has 1 heterocycles. The molecule has 2 rings (SSSR count). The molecule has 3 nitrogen and oxygen atoms in total. The van der Waals surface area contributed by atoms with Gasteiger partial charge in [-0.05, 0) is 39.1 Å². The first kappa shape index (κ1) is 15.4. The van der Waals surface area contributed by atoms with Crippen molar-refractivity contribution in [3.8, 4) is 0 Å². The number of nitrogens with zero attached hydrogens (tertiary/aromatic N) is 2. The molecule has 5 heteroatoms. The van der Waals surface area contributed by atoms with Gasteiger partial charge in [-0.15, -0.1) is 0 Å². The van der Waals surface area contributed by atoms with E-state index in [1.807, 2.05) is 0 Å². The average Bonchev–Trinajstić information content (AvgIpc) is 2.40. The lowest BCUT2D eigenvalue weighted by molar-refractivity contribution is 0.0342. The first-order chi connectivity index (χ1) is 9.43. The van der Waals surface area contributed by atoms with Gasteiger partial charge < -0.3 is 5.73 Å². The molecule has 0 amide bonds. The van der Waals surface area contributed by atoms with Crippen LogP contribution in [0.4, 0.5) is 8.78 Å². The van der Waals surface area contributed by atoms with Crippen LogP contribution < -0.4 is 5.73 Å². The smallest absolute Gasteiger partial charge is 0.128 e. The molecule has 0 spiro atoms. The maximum atomic E-state index is 14.0. The van der Waals surface area contributed by atoms with Gasteiger partial charge in [0.05, 0.1) is 6.04 Å². The number of hydrogen-bond acceptors (Lipinski definition) is 3. The number of hydrogen-bond donors (Lipinski definition) is 1. The number of rotatable bonds is 3. The minimum absolute atomic E-state index is 0.274. The lowest BCUT2D eigenvalue weighted by Gasteiger charge is -2.45. The molecule has 3 unspecified atom stereocenters. The Morgan fingerprint density at radius 2 is 1.85 bits per heavy atom. The molecule has 1 aromatic carbocycles. The summed E-state index contributed by atoms with van der Waals surface area (Å²) >= 11 is 0. The van der Waals surface area contributed by atoms with Crippen molar-refractivity contribution in [2.75, 3.05) is 26.7 Å². The van der Waals surface area contributed by atoms with Gasteiger partial charge >= 0.3 is 0 Å². The summed E-state index contributed by atoms with van der Waals surface area (Å²) in [5.74, 6) is -0.809. The van der Waals surface area contributed by atoms with Crippen LogP contribution in [0.15, 0.2) is 18.2 Å². The summed E-state index contributed by atoms with van der Waals surface area (Å²) < 4.78 is 27.4. The van der Waals surface area contributed by atoms with Gasteiger partial charge in [0, 0.05) is 37.3 Å². The van der Waals surface area contributed by atoms with Crippen LogP contribution in [-0.2, 0) is 0 Å². The van der Waals surface area contributed by atoms with Crippen molar-refractivity contribution in [2.45, 2.75) is 32.0 Å². The van der Waals surface area contributed by atoms with Crippen molar-refractivity contribution < 1.29 is 8.78 Å². The predicted octanol–water partition coefficient (Wildman–Crippen LogP) is 1.99. The zero-order valence-corrected chi connectivity index (χ0v) is 12.3. The van der Waals surface area contributed by atoms with Crippen LogP contribution in [0.25, 0.3) is 0 Å². The van der Waals surface area contributed by atoms with E-state index >= 15 is 0 Å². The average molecular weight is 283 g/mol. The third-order valence-corrected chi connectivity index (χ3v) is 4.37. The van der Waals surface area contributed by atoms with Crippen molar-refractivity contribution in [2.24, 2.45) is 5.73 Å². The van der Waals surface area contributed by atoms with Crippen LogP contribution in [0, 0.1) is 11.6 Å². The molecule has 0 bridgehead atoms. The molecule has 0 aliphatic carbocycles. The summed E-state index contributed by atoms with van der Waals surface area (Å²) in [5, 5.41) is 0. The van der Waals surface area contributed by atoms with Crippen LogP contribution in [0.5, 0.6) is 0 Å². The minimum Gasteiger partial charge on any atom is -0.329 e. The van der Waals surface area contributed by atoms with Gasteiger partial charge in [-0.3, -0.25) is 9.80 Å². The molecule has 20 heavy (non-hydrogen) atoms. The standard InChI is InChI=1S/C15H23F2N3/c1-10-8-20(9-11(2)19(10)3)15(7-18)13-6-12(16)4-5-14(13)17/h4-6,10-11,15H,7-9,18H2,1-3H3. The van der Waals surface area contributed by atoms with E-state index < -0.39 is 5.82 Å². The highest BCUT2D eigenvalue weighted by atomic mass is 19.1. The number of halogens is 2. The molecule has 1 aliphatic rings. The molecule has 3 atom stereocenters. The molecular formula is C15H23F2N3. The minimum atomic E-state index is -0.421. The first-order valence-electron chi connectivity index (χ1n) is 7.05. The lowest BCUT2D eigenvalue weighted by Crippen LogP contribution is -2.56. The summed E-state index contributed by atoms with van der Waals surface area (Å²) in [6, 6.07) is 4.04. The maximum Gasteiger partial charge on any atom is 0.128 e. The highest BCUT2D eigenvalue weighted by Gasteiger charge is 2.32. The van der Waals surface area contributed by atoms with E-state index in [-0.39, 0.29) is 18.4 Å². The second-order valence-corrected chi connectivity index (χ2v) is 5.73. The van der Waals surface area contributed by atoms with E-state index in [2.05, 4.69) is 30.7 Å². The van der Waals surface area contributed by atoms with Crippen molar-refractivity contribution in [1.82, 2.24) is 9.80 Å². The topological polar surface area (TPSA) is 32.5 Å². The fourth-order valence-electron chi connectivity index (χ4n) is 2.94. The zero-order chi connectivity index (χ0) is 14.9. The van der Waals surface area contributed by atoms with Gasteiger partial charge in [0.25, 0.3) is 0 Å². The molecule has 2 N–H and O–H groups in total. The molecule has 1 saturated heterocycles. The van der Waals surface area contributed by atoms with Gasteiger partial charge in [-0.25, -0.2) is 8.78 Å². The Morgan fingerprint density at radius 3 is 2.40 bits per heavy atom. The molecule has 0 aromatic heterocycles. The lowest BCUT2D eigenvalue weighted by atomic mass is 10.0. The molecule has 0 radical (unpaired) electrons. The highest BCUT2D eigenvalue weighted by molar-refractivity contribution is 5.23. The zero-order valence-electron chi connectivity index (χ0n) is 12.3. The highest BCUT2D eigenvalue weighted by Crippen LogP contribution is 2.27. The Labute approximate surface area is 119 Å². The largest absolute Gasteiger partial charge is 0.329 e. The number of benzene rings is 1. The van der Waals surface area contributed by atoms with Crippen molar-refractivity contribution >= 4 is 0 Å². The van der Waals surface area contributed by atoms with Crippen LogP contribution in [0.3, 0.4) is 0 Å². The summed E-state index contributed by atoms with van der Waals surface area (Å²) in [6.45, 7) is 6.16. The van der Waals surface area contributed by atoms with E-state index in [4.69, 9.17) is 5.73 Å². The quantitative estimate of drug-likeness (QED) is 0.921. The molecule has 112 valence electrons. The fraction of sp³-hybridized carbons (Fsp3) is 0.600. The van der Waals surface area contributed by atoms with Crippen LogP contribution in [-0.4, -0.2) is 48.6 Å². The molecular weight excluding hydrogens is 260 g/mol. The van der Waals surface area contributed by atoms with Gasteiger partial charge in [0.1, 0.15) is 11.6 Å². The number of likely N-dealkylation sites (N-methyl/N-ethyl adjacent to an activating group) is 1. The molecule has 1 aromatic rings. The van der Waals surface area contributed by atoms with Crippen LogP contribution in [0.2, 0.25) is 0 Å². The van der Waals surface area contributed by atoms with E-state index in [1.54, 1.807) is 0 Å². The summed E-state index contributed by atoms with van der Waals surface area (Å²) in [4.78, 5) is 4.46. The first-order valence-corrected chi connectivity index (χ1v) is 7.05. The van der Waals surface area contributed by atoms with Crippen molar-refractivity contribution in [3.05, 3.63) is 35.4 Å². The predicted molar refractivity (Wildman–Crippen MR) is 76.4 cm³/mol. The van der Waals surface area contributed by atoms with Gasteiger partial charge in [0.2, 0.25) is 0 Å². The van der Waals surface area contributed by atoms with E-state index in [0.717, 1.165) is 19.2 Å². The van der Waals surface area contributed by atoms with Crippen molar-refractivity contribution in [1.29, 1.82) is 0 Å². The molecule has 1 fully saturated rings. The Bertz CT molecular complexity index is 454. The Kier molecular flexibility index (Phi) is 4.73. The Balaban J connectivity index is 2.26. The van der Waals surface area contributed by atoms with Gasteiger partial charge in [-0.1, -0.05) is 0 Å². The third kappa shape index (κ3) is 3.00. The molecule has 0 saturated carbocycles. The third-order valence-electron chi connectivity index (χ3n) is 4.37. The van der Waals surface area contributed by atoms with E-state index in [1.165, 1.54) is 12.1 Å². The summed E-state index contributed by atoms with van der Waals surface area (Å²) in [7, 11) is 2.09. The Hall–Kier alpha value is -1.04. The van der Waals surface area contributed by atoms with Crippen molar-refractivity contribution in [3.63, 3.8) is 0 Å². The van der Waals surface area contributed by atoms with Gasteiger partial charge in [0.15, 0.2) is 0 Å². The Morgan fingerprint density at radius 1 is 1.25 bits per heavy atom. The van der Waals surface area contributed by atoms with E-state index in [9.17, 15) is 8.78 Å². The number of nitrogens with two attached hydrogens (primary N) is 1. The van der Waals surface area contributed by atoms with Crippen LogP contribution in [0.1, 0.15) is 25.5 Å².